The number of nitriles is 1. The maximum atomic E-state index is 13.7. The largest absolute Gasteiger partial charge is 0.489 e. The molecule has 4 atom stereocenters. The van der Waals surface area contributed by atoms with Gasteiger partial charge >= 0.3 is 0 Å². The molecule has 1 saturated carbocycles. The van der Waals surface area contributed by atoms with Crippen LogP contribution in [0.3, 0.4) is 0 Å². The topological polar surface area (TPSA) is 189 Å². The van der Waals surface area contributed by atoms with Crippen LogP contribution in [-0.2, 0) is 25.7 Å². The predicted octanol–water partition coefficient (Wildman–Crippen LogP) is 6.36. The normalized spacial score (nSPS) is 21.7. The first-order valence-corrected chi connectivity index (χ1v) is 24.5. The van der Waals surface area contributed by atoms with Crippen molar-refractivity contribution in [1.82, 2.24) is 36.1 Å². The number of halogens is 2. The number of benzene rings is 2. The molecule has 5 amide bonds. The highest BCUT2D eigenvalue weighted by atomic mass is 35.5. The van der Waals surface area contributed by atoms with E-state index in [1.165, 1.54) is 0 Å². The molecule has 3 aliphatic rings. The van der Waals surface area contributed by atoms with Gasteiger partial charge in [0.05, 0.1) is 16.1 Å². The molecule has 15 nitrogen and oxygen atoms in total. The van der Waals surface area contributed by atoms with Gasteiger partial charge in [-0.3, -0.25) is 28.9 Å². The highest BCUT2D eigenvalue weighted by molar-refractivity contribution is 6.31. The molecular formula is C51H67Cl2N9O6. The van der Waals surface area contributed by atoms with E-state index in [1.807, 2.05) is 39.0 Å². The van der Waals surface area contributed by atoms with Crippen molar-refractivity contribution in [3.8, 4) is 11.8 Å². The molecule has 2 saturated heterocycles. The first-order valence-electron chi connectivity index (χ1n) is 23.7. The van der Waals surface area contributed by atoms with Crippen molar-refractivity contribution in [3.63, 3.8) is 0 Å². The first-order chi connectivity index (χ1) is 32.2. The summed E-state index contributed by atoms with van der Waals surface area (Å²) in [7, 11) is 0. The molecule has 68 heavy (non-hydrogen) atoms. The van der Waals surface area contributed by atoms with Crippen LogP contribution in [0.15, 0.2) is 60.8 Å². The number of likely N-dealkylation sites (tertiary alicyclic amines) is 1. The molecule has 1 aromatic heterocycles. The quantitative estimate of drug-likeness (QED) is 0.112. The Morgan fingerprint density at radius 2 is 1.62 bits per heavy atom. The number of carbonyl (C=O) groups is 5. The lowest BCUT2D eigenvalue weighted by Crippen LogP contribution is -2.74. The Balaban J connectivity index is 0.915. The number of amides is 5. The van der Waals surface area contributed by atoms with Crippen molar-refractivity contribution in [2.24, 2.45) is 22.7 Å². The molecule has 3 aromatic rings. The molecule has 0 radical (unpaired) electrons. The molecule has 2 aliphatic heterocycles. The Bertz CT molecular complexity index is 2310. The fourth-order valence-corrected chi connectivity index (χ4v) is 10.6. The van der Waals surface area contributed by atoms with Crippen LogP contribution in [0.1, 0.15) is 103 Å². The lowest BCUT2D eigenvalue weighted by molar-refractivity contribution is -0.164. The zero-order valence-corrected chi connectivity index (χ0v) is 42.0. The molecule has 366 valence electrons. The molecule has 4 N–H and O–H groups in total. The van der Waals surface area contributed by atoms with Gasteiger partial charge in [0.2, 0.25) is 23.6 Å². The zero-order chi connectivity index (χ0) is 49.5. The number of nitrogens with zero attached hydrogens (tertiary/aromatic N) is 5. The number of piperazine rings is 1. The highest BCUT2D eigenvalue weighted by Crippen LogP contribution is 2.55. The van der Waals surface area contributed by atoms with Gasteiger partial charge in [0.25, 0.3) is 5.91 Å². The van der Waals surface area contributed by atoms with Gasteiger partial charge in [-0.05, 0) is 86.5 Å². The van der Waals surface area contributed by atoms with Crippen LogP contribution >= 0.6 is 23.2 Å². The summed E-state index contributed by atoms with van der Waals surface area (Å²) < 4.78 is 6.37. The smallest absolute Gasteiger partial charge is 0.253 e. The minimum absolute atomic E-state index is 0.106. The van der Waals surface area contributed by atoms with Crippen molar-refractivity contribution >= 4 is 58.6 Å². The Morgan fingerprint density at radius 3 is 2.24 bits per heavy atom. The third kappa shape index (κ3) is 12.6. The maximum Gasteiger partial charge on any atom is 0.253 e. The van der Waals surface area contributed by atoms with Gasteiger partial charge in [0.15, 0.2) is 0 Å². The van der Waals surface area contributed by atoms with Crippen LogP contribution in [0, 0.1) is 34.0 Å². The molecule has 0 unspecified atom stereocenters. The number of ether oxygens (including phenoxy) is 1. The monoisotopic (exact) mass is 971 g/mol. The lowest BCUT2D eigenvalue weighted by Gasteiger charge is -2.63. The van der Waals surface area contributed by atoms with E-state index < -0.39 is 34.9 Å². The molecule has 1 aliphatic carbocycles. The fourth-order valence-electron chi connectivity index (χ4n) is 10.2. The number of aromatic nitrogens is 1. The molecule has 0 spiro atoms. The third-order valence-electron chi connectivity index (χ3n) is 13.6. The van der Waals surface area contributed by atoms with Crippen molar-refractivity contribution in [1.29, 1.82) is 5.26 Å². The second-order valence-electron chi connectivity index (χ2n) is 20.3. The van der Waals surface area contributed by atoms with Crippen LogP contribution in [-0.4, -0.2) is 114 Å². The highest BCUT2D eigenvalue weighted by Gasteiger charge is 2.64. The van der Waals surface area contributed by atoms with Gasteiger partial charge in [-0.1, -0.05) is 83.8 Å². The number of hydrogen-bond donors (Lipinski definition) is 4. The maximum absolute atomic E-state index is 13.7. The van der Waals surface area contributed by atoms with Gasteiger partial charge in [-0.15, -0.1) is 0 Å². The summed E-state index contributed by atoms with van der Waals surface area (Å²) in [5.41, 5.74) is 0.946. The Labute approximate surface area is 411 Å². The number of pyridine rings is 1. The summed E-state index contributed by atoms with van der Waals surface area (Å²) in [5, 5.41) is 22.1. The Kier molecular flexibility index (Phi) is 17.1. The summed E-state index contributed by atoms with van der Waals surface area (Å²) in [6.45, 7) is 20.3. The zero-order valence-electron chi connectivity index (χ0n) is 40.5. The minimum atomic E-state index is -0.895. The van der Waals surface area contributed by atoms with Gasteiger partial charge in [-0.25, -0.2) is 4.98 Å². The number of rotatable bonds is 18. The van der Waals surface area contributed by atoms with Crippen LogP contribution in [0.2, 0.25) is 10.0 Å². The van der Waals surface area contributed by atoms with Gasteiger partial charge < -0.3 is 35.8 Å². The number of hydrogen-bond acceptors (Lipinski definition) is 10. The van der Waals surface area contributed by atoms with Crippen LogP contribution in [0.4, 0.5) is 5.82 Å². The molecule has 6 rings (SSSR count). The van der Waals surface area contributed by atoms with E-state index in [-0.39, 0.29) is 54.0 Å². The average Bonchev–Trinajstić information content (AvgIpc) is 3.70. The van der Waals surface area contributed by atoms with Crippen LogP contribution in [0.25, 0.3) is 0 Å². The predicted molar refractivity (Wildman–Crippen MR) is 263 cm³/mol. The summed E-state index contributed by atoms with van der Waals surface area (Å²) >= 11 is 12.2. The number of anilines is 1. The average molecular weight is 973 g/mol. The molecule has 0 bridgehead atoms. The summed E-state index contributed by atoms with van der Waals surface area (Å²) in [6.07, 6.45) is 3.18. The fraction of sp³-hybridized carbons (Fsp3) is 0.549. The minimum Gasteiger partial charge on any atom is -0.489 e. The summed E-state index contributed by atoms with van der Waals surface area (Å²) in [6, 6.07) is 15.4. The van der Waals surface area contributed by atoms with Crippen molar-refractivity contribution < 1.29 is 28.7 Å². The van der Waals surface area contributed by atoms with Gasteiger partial charge in [0.1, 0.15) is 41.9 Å². The lowest BCUT2D eigenvalue weighted by atomic mass is 9.49. The van der Waals surface area contributed by atoms with Gasteiger partial charge in [-0.2, -0.15) is 5.26 Å². The Hall–Kier alpha value is -5.43. The molecule has 3 fully saturated rings. The first kappa shape index (κ1) is 52.0. The van der Waals surface area contributed by atoms with E-state index >= 15 is 0 Å². The standard InChI is InChI=1S/C51H67Cl2N9O6/c1-31(2)24-40(45(65)57-33(4)47(67)62-30-32(3)25-41(62)46(66)56-28-34-11-15-37(52)16-12-34)58-43(63)10-9-19-60-20-22-61(23-21-60)42-18-14-36(29-55-42)44(64)59-48-50(5,6)49(51(48,7)8)68-38-17-13-35(27-54)39(53)26-38/h11-18,26,29,31-33,40-41,48-49H,9-10,19-25,28,30H2,1-8H3,(H,56,66)(H,57,65)(H,58,63)(H,59,64)/t32-,33+,40+,41+,48-,49-/m1/s1. The SMILES string of the molecule is CC(C)C[C@H](NC(=O)CCCN1CCN(c2ccc(C(=O)N[C@H]3C(C)(C)[C@H](Oc4ccc(C#N)c(Cl)c4)C3(C)C)cn2)CC1)C(=O)N[C@@H](C)C(=O)N1C[C@H](C)C[C@H]1C(=O)NCc1ccc(Cl)cc1. The third-order valence-corrected chi connectivity index (χ3v) is 14.1. The Morgan fingerprint density at radius 1 is 0.926 bits per heavy atom. The van der Waals surface area contributed by atoms with E-state index in [9.17, 15) is 29.2 Å². The van der Waals surface area contributed by atoms with E-state index in [2.05, 4.69) is 69.8 Å². The summed E-state index contributed by atoms with van der Waals surface area (Å²) in [5.74, 6) is 0.125. The van der Waals surface area contributed by atoms with Crippen LogP contribution in [0.5, 0.6) is 5.75 Å². The second-order valence-corrected chi connectivity index (χ2v) is 21.2. The van der Waals surface area contributed by atoms with E-state index in [0.29, 0.717) is 65.8 Å². The number of carbonyl (C=O) groups excluding carboxylic acids is 5. The van der Waals surface area contributed by atoms with Gasteiger partial charge in [0, 0.05) is 79.8 Å². The number of nitrogens with one attached hydrogen (secondary N) is 4. The molecule has 2 aromatic carbocycles. The van der Waals surface area contributed by atoms with Crippen molar-refractivity contribution in [3.05, 3.63) is 87.5 Å². The molecular weight excluding hydrogens is 906 g/mol. The molecule has 17 heteroatoms. The molecule has 3 heterocycles. The van der Waals surface area contributed by atoms with E-state index in [1.54, 1.807) is 54.4 Å². The van der Waals surface area contributed by atoms with E-state index in [0.717, 1.165) is 37.6 Å². The van der Waals surface area contributed by atoms with Crippen molar-refractivity contribution in [2.75, 3.05) is 44.2 Å². The second kappa shape index (κ2) is 22.3. The van der Waals surface area contributed by atoms with E-state index in [4.69, 9.17) is 27.9 Å². The van der Waals surface area contributed by atoms with Crippen molar-refractivity contribution in [2.45, 2.75) is 118 Å². The summed E-state index contributed by atoms with van der Waals surface area (Å²) in [4.78, 5) is 77.9. The van der Waals surface area contributed by atoms with Crippen LogP contribution < -0.4 is 30.9 Å².